The molecule has 0 fully saturated rings. The Bertz CT molecular complexity index is 612. The Morgan fingerprint density at radius 2 is 2.12 bits per heavy atom. The van der Waals surface area contributed by atoms with Gasteiger partial charge in [0.1, 0.15) is 10.2 Å². The molecule has 17 heavy (non-hydrogen) atoms. The van der Waals surface area contributed by atoms with E-state index in [0.717, 1.165) is 23.1 Å². The van der Waals surface area contributed by atoms with E-state index in [9.17, 15) is 4.79 Å². The highest BCUT2D eigenvalue weighted by atomic mass is 32.1. The predicted octanol–water partition coefficient (Wildman–Crippen LogP) is 3.08. The first-order valence-electron chi connectivity index (χ1n) is 6.24. The summed E-state index contributed by atoms with van der Waals surface area (Å²) in [5, 5.41) is 0.754. The molecular formula is C13H15NO2S. The lowest BCUT2D eigenvalue weighted by Gasteiger charge is -1.97. The minimum absolute atomic E-state index is 0.189. The van der Waals surface area contributed by atoms with E-state index in [1.165, 1.54) is 29.7 Å². The number of aryl methyl sites for hydroxylation is 3. The number of thiophene rings is 1. The molecule has 2 heterocycles. The number of nitrogens with zero attached hydrogens (tertiary/aromatic N) is 1. The first-order valence-corrected chi connectivity index (χ1v) is 7.05. The van der Waals surface area contributed by atoms with Gasteiger partial charge in [0.05, 0.1) is 0 Å². The number of hydrogen-bond acceptors (Lipinski definition) is 4. The smallest absolute Gasteiger partial charge is 0.348 e. The summed E-state index contributed by atoms with van der Waals surface area (Å²) in [4.78, 5) is 18.7. The standard InChI is InChI=1S/C13H15NO2S/c1-2-10-14-12-11(13(15)16-10)8-6-4-3-5-7-9(8)17-12/h2-7H2,1H3. The second-order valence-electron chi connectivity index (χ2n) is 4.49. The molecule has 0 aromatic carbocycles. The van der Waals surface area contributed by atoms with Crippen molar-refractivity contribution in [2.24, 2.45) is 0 Å². The van der Waals surface area contributed by atoms with Crippen LogP contribution < -0.4 is 5.63 Å². The second kappa shape index (κ2) is 4.26. The van der Waals surface area contributed by atoms with Crippen molar-refractivity contribution in [2.75, 3.05) is 0 Å². The highest BCUT2D eigenvalue weighted by Gasteiger charge is 2.19. The fraction of sp³-hybridized carbons (Fsp3) is 0.538. The Kier molecular flexibility index (Phi) is 2.74. The van der Waals surface area contributed by atoms with Gasteiger partial charge in [0.2, 0.25) is 0 Å². The van der Waals surface area contributed by atoms with Gasteiger partial charge < -0.3 is 4.42 Å². The molecule has 0 amide bonds. The molecule has 4 heteroatoms. The Morgan fingerprint density at radius 1 is 1.29 bits per heavy atom. The molecule has 0 spiro atoms. The lowest BCUT2D eigenvalue weighted by Crippen LogP contribution is -2.05. The van der Waals surface area contributed by atoms with Crippen molar-refractivity contribution in [3.8, 4) is 0 Å². The summed E-state index contributed by atoms with van der Waals surface area (Å²) in [5.74, 6) is 0.555. The van der Waals surface area contributed by atoms with Crippen molar-refractivity contribution >= 4 is 21.6 Å². The van der Waals surface area contributed by atoms with Crippen molar-refractivity contribution in [3.63, 3.8) is 0 Å². The highest BCUT2D eigenvalue weighted by Crippen LogP contribution is 2.32. The van der Waals surface area contributed by atoms with Crippen molar-refractivity contribution < 1.29 is 4.42 Å². The molecule has 0 saturated carbocycles. The maximum Gasteiger partial charge on any atom is 0.348 e. The van der Waals surface area contributed by atoms with Crippen LogP contribution in [0.5, 0.6) is 0 Å². The molecule has 1 aliphatic carbocycles. The lowest BCUT2D eigenvalue weighted by molar-refractivity contribution is 0.450. The molecule has 0 atom stereocenters. The fourth-order valence-electron chi connectivity index (χ4n) is 2.46. The first kappa shape index (κ1) is 11.0. The van der Waals surface area contributed by atoms with E-state index in [2.05, 4.69) is 4.98 Å². The van der Waals surface area contributed by atoms with Crippen LogP contribution in [0.3, 0.4) is 0 Å². The van der Waals surface area contributed by atoms with Crippen LogP contribution in [-0.2, 0) is 19.3 Å². The molecule has 2 aromatic heterocycles. The van der Waals surface area contributed by atoms with E-state index in [0.29, 0.717) is 12.3 Å². The van der Waals surface area contributed by atoms with Crippen LogP contribution in [0.2, 0.25) is 0 Å². The molecule has 0 aliphatic heterocycles. The van der Waals surface area contributed by atoms with Crippen LogP contribution in [0.15, 0.2) is 9.21 Å². The van der Waals surface area contributed by atoms with E-state index >= 15 is 0 Å². The number of hydrogen-bond donors (Lipinski definition) is 0. The molecule has 2 aromatic rings. The van der Waals surface area contributed by atoms with Gasteiger partial charge in [-0.05, 0) is 31.2 Å². The van der Waals surface area contributed by atoms with E-state index in [-0.39, 0.29) is 5.63 Å². The maximum atomic E-state index is 12.0. The van der Waals surface area contributed by atoms with Gasteiger partial charge >= 0.3 is 5.63 Å². The zero-order valence-electron chi connectivity index (χ0n) is 9.91. The van der Waals surface area contributed by atoms with Gasteiger partial charge in [0.15, 0.2) is 5.89 Å². The topological polar surface area (TPSA) is 43.1 Å². The van der Waals surface area contributed by atoms with Crippen molar-refractivity contribution in [3.05, 3.63) is 26.8 Å². The average molecular weight is 249 g/mol. The van der Waals surface area contributed by atoms with Crippen LogP contribution in [-0.4, -0.2) is 4.98 Å². The van der Waals surface area contributed by atoms with E-state index in [1.54, 1.807) is 11.3 Å². The van der Waals surface area contributed by atoms with Crippen LogP contribution in [0.1, 0.15) is 42.5 Å². The summed E-state index contributed by atoms with van der Waals surface area (Å²) in [5.41, 5.74) is 1.03. The Morgan fingerprint density at radius 3 is 2.94 bits per heavy atom. The number of fused-ring (bicyclic) bond motifs is 3. The molecule has 1 aliphatic rings. The summed E-state index contributed by atoms with van der Waals surface area (Å²) < 4.78 is 5.24. The fourth-order valence-corrected chi connectivity index (χ4v) is 3.73. The maximum absolute atomic E-state index is 12.0. The number of rotatable bonds is 1. The molecule has 0 saturated heterocycles. The molecule has 0 N–H and O–H groups in total. The number of aromatic nitrogens is 1. The van der Waals surface area contributed by atoms with Gasteiger partial charge in [0.25, 0.3) is 0 Å². The van der Waals surface area contributed by atoms with Crippen molar-refractivity contribution in [2.45, 2.75) is 45.4 Å². The molecule has 3 rings (SSSR count). The molecular weight excluding hydrogens is 234 g/mol. The van der Waals surface area contributed by atoms with Crippen molar-refractivity contribution in [1.82, 2.24) is 4.98 Å². The third-order valence-electron chi connectivity index (χ3n) is 3.35. The largest absolute Gasteiger partial charge is 0.408 e. The minimum atomic E-state index is -0.189. The Labute approximate surface area is 103 Å². The molecule has 3 nitrogen and oxygen atoms in total. The zero-order valence-corrected chi connectivity index (χ0v) is 10.7. The van der Waals surface area contributed by atoms with Gasteiger partial charge in [-0.2, -0.15) is 0 Å². The van der Waals surface area contributed by atoms with Gasteiger partial charge in [-0.25, -0.2) is 9.78 Å². The van der Waals surface area contributed by atoms with Gasteiger partial charge in [-0.3, -0.25) is 0 Å². The van der Waals surface area contributed by atoms with E-state index in [1.807, 2.05) is 6.92 Å². The van der Waals surface area contributed by atoms with Crippen LogP contribution in [0.25, 0.3) is 10.2 Å². The van der Waals surface area contributed by atoms with Gasteiger partial charge in [0, 0.05) is 11.3 Å². The zero-order chi connectivity index (χ0) is 11.8. The van der Waals surface area contributed by atoms with E-state index < -0.39 is 0 Å². The quantitative estimate of drug-likeness (QED) is 0.729. The minimum Gasteiger partial charge on any atom is -0.408 e. The lowest BCUT2D eigenvalue weighted by atomic mass is 10.1. The van der Waals surface area contributed by atoms with Crippen molar-refractivity contribution in [1.29, 1.82) is 0 Å². The normalized spacial score (nSPS) is 15.8. The third kappa shape index (κ3) is 1.80. The molecule has 90 valence electrons. The average Bonchev–Trinajstić information content (AvgIpc) is 2.52. The molecule has 0 unspecified atom stereocenters. The van der Waals surface area contributed by atoms with Gasteiger partial charge in [-0.15, -0.1) is 11.3 Å². The summed E-state index contributed by atoms with van der Waals surface area (Å²) >= 11 is 1.69. The summed E-state index contributed by atoms with van der Waals surface area (Å²) in [6, 6.07) is 0. The summed E-state index contributed by atoms with van der Waals surface area (Å²) in [7, 11) is 0. The molecule has 0 radical (unpaired) electrons. The SMILES string of the molecule is CCc1nc2sc3c(c2c(=O)o1)CCCCC3. The van der Waals surface area contributed by atoms with Crippen LogP contribution in [0.4, 0.5) is 0 Å². The molecule has 0 bridgehead atoms. The second-order valence-corrected chi connectivity index (χ2v) is 5.58. The summed E-state index contributed by atoms with van der Waals surface area (Å²) in [6.07, 6.45) is 6.44. The Balaban J connectivity index is 2.28. The third-order valence-corrected chi connectivity index (χ3v) is 4.53. The first-order chi connectivity index (χ1) is 8.29. The van der Waals surface area contributed by atoms with Crippen LogP contribution >= 0.6 is 11.3 Å². The highest BCUT2D eigenvalue weighted by molar-refractivity contribution is 7.18. The Hall–Kier alpha value is -1.16. The van der Waals surface area contributed by atoms with Gasteiger partial charge in [-0.1, -0.05) is 13.3 Å². The van der Waals surface area contributed by atoms with Crippen LogP contribution in [0, 0.1) is 0 Å². The summed E-state index contributed by atoms with van der Waals surface area (Å²) in [6.45, 7) is 1.95. The monoisotopic (exact) mass is 249 g/mol. The van der Waals surface area contributed by atoms with E-state index in [4.69, 9.17) is 4.42 Å². The predicted molar refractivity (Wildman–Crippen MR) is 68.8 cm³/mol.